The van der Waals surface area contributed by atoms with E-state index in [4.69, 9.17) is 0 Å². The zero-order chi connectivity index (χ0) is 10.1. The SMILES string of the molecule is CC1(NC(=O)C(C)(C)Br)CCCC1. The zero-order valence-electron chi connectivity index (χ0n) is 8.61. The lowest BCUT2D eigenvalue weighted by atomic mass is 9.99. The van der Waals surface area contributed by atoms with E-state index in [1.165, 1.54) is 12.8 Å². The van der Waals surface area contributed by atoms with Gasteiger partial charge < -0.3 is 5.32 Å². The second-order valence-corrected chi connectivity index (χ2v) is 6.68. The Morgan fingerprint density at radius 1 is 1.38 bits per heavy atom. The zero-order valence-corrected chi connectivity index (χ0v) is 10.2. The first kappa shape index (κ1) is 11.0. The summed E-state index contributed by atoms with van der Waals surface area (Å²) in [6, 6.07) is 0. The average Bonchev–Trinajstić information content (AvgIpc) is 2.33. The van der Waals surface area contributed by atoms with Gasteiger partial charge in [-0.15, -0.1) is 0 Å². The number of alkyl halides is 1. The molecule has 3 heteroatoms. The molecule has 0 aromatic heterocycles. The van der Waals surface area contributed by atoms with Crippen molar-refractivity contribution in [3.63, 3.8) is 0 Å². The maximum Gasteiger partial charge on any atom is 0.236 e. The largest absolute Gasteiger partial charge is 0.350 e. The molecule has 1 N–H and O–H groups in total. The van der Waals surface area contributed by atoms with Gasteiger partial charge in [0.25, 0.3) is 0 Å². The minimum Gasteiger partial charge on any atom is -0.350 e. The van der Waals surface area contributed by atoms with E-state index in [9.17, 15) is 4.79 Å². The predicted molar refractivity (Wildman–Crippen MR) is 58.0 cm³/mol. The van der Waals surface area contributed by atoms with Gasteiger partial charge in [-0.2, -0.15) is 0 Å². The number of rotatable bonds is 2. The van der Waals surface area contributed by atoms with Crippen molar-refractivity contribution in [2.45, 2.75) is 56.3 Å². The average molecular weight is 248 g/mol. The van der Waals surface area contributed by atoms with Crippen LogP contribution >= 0.6 is 15.9 Å². The van der Waals surface area contributed by atoms with E-state index in [-0.39, 0.29) is 11.4 Å². The first-order valence-corrected chi connectivity index (χ1v) is 5.64. The number of nitrogens with one attached hydrogen (secondary N) is 1. The number of amides is 1. The highest BCUT2D eigenvalue weighted by Gasteiger charge is 2.34. The topological polar surface area (TPSA) is 29.1 Å². The fourth-order valence-electron chi connectivity index (χ4n) is 1.70. The van der Waals surface area contributed by atoms with Gasteiger partial charge in [-0.25, -0.2) is 0 Å². The smallest absolute Gasteiger partial charge is 0.236 e. The molecule has 0 radical (unpaired) electrons. The summed E-state index contributed by atoms with van der Waals surface area (Å²) in [4.78, 5) is 11.7. The Bertz CT molecular complexity index is 201. The lowest BCUT2D eigenvalue weighted by molar-refractivity contribution is -0.124. The third-order valence-electron chi connectivity index (χ3n) is 2.66. The minimum atomic E-state index is -0.446. The van der Waals surface area contributed by atoms with Gasteiger partial charge in [-0.05, 0) is 33.6 Å². The molecule has 0 aliphatic heterocycles. The highest BCUT2D eigenvalue weighted by Crippen LogP contribution is 2.30. The molecule has 1 amide bonds. The summed E-state index contributed by atoms with van der Waals surface area (Å²) in [7, 11) is 0. The molecule has 1 aliphatic rings. The van der Waals surface area contributed by atoms with Gasteiger partial charge in [0.1, 0.15) is 0 Å². The van der Waals surface area contributed by atoms with Crippen molar-refractivity contribution in [1.29, 1.82) is 0 Å². The Labute approximate surface area is 88.6 Å². The molecule has 0 spiro atoms. The van der Waals surface area contributed by atoms with Crippen molar-refractivity contribution in [3.8, 4) is 0 Å². The second kappa shape index (κ2) is 3.60. The molecule has 0 atom stereocenters. The predicted octanol–water partition coefficient (Wildman–Crippen LogP) is 2.61. The number of carbonyl (C=O) groups is 1. The number of hydrogen-bond acceptors (Lipinski definition) is 1. The maximum absolute atomic E-state index is 11.7. The molecule has 0 heterocycles. The molecule has 0 unspecified atom stereocenters. The van der Waals surface area contributed by atoms with Crippen molar-refractivity contribution < 1.29 is 4.79 Å². The van der Waals surface area contributed by atoms with Crippen molar-refractivity contribution in [2.24, 2.45) is 0 Å². The number of halogens is 1. The van der Waals surface area contributed by atoms with Crippen LogP contribution in [-0.2, 0) is 4.79 Å². The third-order valence-corrected chi connectivity index (χ3v) is 3.02. The molecule has 1 aliphatic carbocycles. The van der Waals surface area contributed by atoms with Crippen molar-refractivity contribution in [2.75, 3.05) is 0 Å². The summed E-state index contributed by atoms with van der Waals surface area (Å²) in [5.74, 6) is 0.0944. The first-order valence-electron chi connectivity index (χ1n) is 4.85. The van der Waals surface area contributed by atoms with Crippen LogP contribution in [0.4, 0.5) is 0 Å². The van der Waals surface area contributed by atoms with Crippen LogP contribution in [0.5, 0.6) is 0 Å². The molecular weight excluding hydrogens is 230 g/mol. The summed E-state index contributed by atoms with van der Waals surface area (Å²) in [5.41, 5.74) is 0.0438. The van der Waals surface area contributed by atoms with Gasteiger partial charge in [0, 0.05) is 5.54 Å². The van der Waals surface area contributed by atoms with E-state index < -0.39 is 4.32 Å². The lowest BCUT2D eigenvalue weighted by Gasteiger charge is -2.28. The molecule has 0 saturated heterocycles. The molecule has 1 rings (SSSR count). The molecule has 2 nitrogen and oxygen atoms in total. The van der Waals surface area contributed by atoms with Crippen molar-refractivity contribution >= 4 is 21.8 Å². The first-order chi connectivity index (χ1) is 5.83. The highest BCUT2D eigenvalue weighted by molar-refractivity contribution is 9.10. The Hall–Kier alpha value is -0.0500. The molecule has 13 heavy (non-hydrogen) atoms. The van der Waals surface area contributed by atoms with Crippen molar-refractivity contribution in [1.82, 2.24) is 5.32 Å². The van der Waals surface area contributed by atoms with E-state index in [0.717, 1.165) is 12.8 Å². The van der Waals surface area contributed by atoms with E-state index in [0.29, 0.717) is 0 Å². The van der Waals surface area contributed by atoms with Crippen LogP contribution in [-0.4, -0.2) is 15.8 Å². The van der Waals surface area contributed by atoms with Gasteiger partial charge in [0.15, 0.2) is 0 Å². The molecule has 76 valence electrons. The summed E-state index contributed by atoms with van der Waals surface area (Å²) in [5, 5.41) is 3.11. The van der Waals surface area contributed by atoms with Gasteiger partial charge in [-0.3, -0.25) is 4.79 Å². The monoisotopic (exact) mass is 247 g/mol. The number of carbonyl (C=O) groups excluding carboxylic acids is 1. The summed E-state index contributed by atoms with van der Waals surface area (Å²) >= 11 is 3.36. The quantitative estimate of drug-likeness (QED) is 0.748. The normalized spacial score (nSPS) is 21.5. The van der Waals surface area contributed by atoms with Crippen LogP contribution in [0.3, 0.4) is 0 Å². The highest BCUT2D eigenvalue weighted by atomic mass is 79.9. The molecule has 1 fully saturated rings. The Morgan fingerprint density at radius 2 is 1.85 bits per heavy atom. The van der Waals surface area contributed by atoms with E-state index in [1.807, 2.05) is 13.8 Å². The van der Waals surface area contributed by atoms with Gasteiger partial charge >= 0.3 is 0 Å². The van der Waals surface area contributed by atoms with Crippen LogP contribution < -0.4 is 5.32 Å². The molecule has 0 aromatic carbocycles. The standard InChI is InChI=1S/C10H18BrNO/c1-9(2,11)8(13)12-10(3)6-4-5-7-10/h4-7H2,1-3H3,(H,12,13). The van der Waals surface area contributed by atoms with E-state index in [1.54, 1.807) is 0 Å². The van der Waals surface area contributed by atoms with Gasteiger partial charge in [0.05, 0.1) is 4.32 Å². The fourth-order valence-corrected chi connectivity index (χ4v) is 1.80. The molecule has 0 aromatic rings. The minimum absolute atomic E-state index is 0.0438. The van der Waals surface area contributed by atoms with Crippen LogP contribution in [0.1, 0.15) is 46.5 Å². The fraction of sp³-hybridized carbons (Fsp3) is 0.900. The van der Waals surface area contributed by atoms with E-state index in [2.05, 4.69) is 28.2 Å². The van der Waals surface area contributed by atoms with Crippen molar-refractivity contribution in [3.05, 3.63) is 0 Å². The number of hydrogen-bond donors (Lipinski definition) is 1. The Morgan fingerprint density at radius 3 is 2.23 bits per heavy atom. The van der Waals surface area contributed by atoms with Gasteiger partial charge in [0.2, 0.25) is 5.91 Å². The molecule has 1 saturated carbocycles. The molecule has 0 bridgehead atoms. The van der Waals surface area contributed by atoms with Crippen LogP contribution in [0.2, 0.25) is 0 Å². The summed E-state index contributed by atoms with van der Waals surface area (Å²) in [6.45, 7) is 5.89. The molecular formula is C10H18BrNO. The van der Waals surface area contributed by atoms with Crippen LogP contribution in [0.25, 0.3) is 0 Å². The second-order valence-electron chi connectivity index (χ2n) is 4.69. The Kier molecular flexibility index (Phi) is 3.05. The maximum atomic E-state index is 11.7. The summed E-state index contributed by atoms with van der Waals surface area (Å²) in [6.07, 6.45) is 4.70. The van der Waals surface area contributed by atoms with Gasteiger partial charge in [-0.1, -0.05) is 28.8 Å². The van der Waals surface area contributed by atoms with E-state index >= 15 is 0 Å². The van der Waals surface area contributed by atoms with Crippen LogP contribution in [0, 0.1) is 0 Å². The third kappa shape index (κ3) is 2.97. The Balaban J connectivity index is 2.53. The lowest BCUT2D eigenvalue weighted by Crippen LogP contribution is -2.49. The summed E-state index contributed by atoms with van der Waals surface area (Å²) < 4.78 is -0.446. The van der Waals surface area contributed by atoms with Crippen LogP contribution in [0.15, 0.2) is 0 Å².